The molecule has 18 heavy (non-hydrogen) atoms. The number of hydrogen-bond donors (Lipinski definition) is 2. The molecule has 1 atom stereocenters. The summed E-state index contributed by atoms with van der Waals surface area (Å²) in [4.78, 5) is 11.9. The smallest absolute Gasteiger partial charge is 0.255 e. The fraction of sp³-hybridized carbons (Fsp3) is 0.417. The topological polar surface area (TPSA) is 73.6 Å². The Morgan fingerprint density at radius 2 is 2.28 bits per heavy atom. The zero-order chi connectivity index (χ0) is 13.1. The van der Waals surface area contributed by atoms with Crippen LogP contribution in [0, 0.1) is 6.92 Å². The summed E-state index contributed by atoms with van der Waals surface area (Å²) in [6, 6.07) is 3.35. The summed E-state index contributed by atoms with van der Waals surface area (Å²) in [6.45, 7) is 3.07. The second-order valence-corrected chi connectivity index (χ2v) is 4.52. The predicted molar refractivity (Wildman–Crippen MR) is 69.8 cm³/mol. The van der Waals surface area contributed by atoms with Gasteiger partial charge >= 0.3 is 0 Å². The molecule has 1 aliphatic rings. The lowest BCUT2D eigenvalue weighted by molar-refractivity contribution is -0.142. The number of benzene rings is 1. The highest BCUT2D eigenvalue weighted by Gasteiger charge is 2.23. The lowest BCUT2D eigenvalue weighted by atomic mass is 10.1. The van der Waals surface area contributed by atoms with Crippen molar-refractivity contribution in [2.24, 2.45) is 0 Å². The molecular weight excluding hydrogens is 256 g/mol. The van der Waals surface area contributed by atoms with Crippen LogP contribution in [0.4, 0.5) is 11.4 Å². The van der Waals surface area contributed by atoms with Crippen molar-refractivity contribution in [3.8, 4) is 0 Å². The fourth-order valence-corrected chi connectivity index (χ4v) is 1.85. The monoisotopic (exact) mass is 270 g/mol. The Kier molecular flexibility index (Phi) is 4.06. The van der Waals surface area contributed by atoms with Crippen LogP contribution in [0.15, 0.2) is 12.1 Å². The standard InChI is InChI=1S/C12H15ClN2O3/c1-7-4-9(14)8(13)5-10(7)15-12(16)11-6-17-2-3-18-11/h4-5,11H,2-3,6,14H2,1H3,(H,15,16). The maximum atomic E-state index is 11.9. The predicted octanol–water partition coefficient (Wildman–Crippen LogP) is 1.58. The largest absolute Gasteiger partial charge is 0.398 e. The second-order valence-electron chi connectivity index (χ2n) is 4.11. The van der Waals surface area contributed by atoms with E-state index >= 15 is 0 Å². The summed E-state index contributed by atoms with van der Waals surface area (Å²) in [5.74, 6) is -0.237. The third-order valence-corrected chi connectivity index (χ3v) is 3.04. The fourth-order valence-electron chi connectivity index (χ4n) is 1.69. The van der Waals surface area contributed by atoms with Crippen molar-refractivity contribution in [3.63, 3.8) is 0 Å². The molecule has 0 aliphatic carbocycles. The number of carbonyl (C=O) groups is 1. The molecule has 0 bridgehead atoms. The van der Waals surface area contributed by atoms with Gasteiger partial charge in [0, 0.05) is 5.69 Å². The SMILES string of the molecule is Cc1cc(N)c(Cl)cc1NC(=O)C1COCCO1. The van der Waals surface area contributed by atoms with Crippen LogP contribution in [0.2, 0.25) is 5.02 Å². The Morgan fingerprint density at radius 3 is 2.94 bits per heavy atom. The Labute approximate surface area is 110 Å². The summed E-state index contributed by atoms with van der Waals surface area (Å²) < 4.78 is 10.5. The van der Waals surface area contributed by atoms with Crippen LogP contribution in [0.5, 0.6) is 0 Å². The Morgan fingerprint density at radius 1 is 1.50 bits per heavy atom. The first-order valence-electron chi connectivity index (χ1n) is 5.64. The first-order chi connectivity index (χ1) is 8.58. The molecule has 1 aromatic carbocycles. The number of anilines is 2. The highest BCUT2D eigenvalue weighted by Crippen LogP contribution is 2.26. The second kappa shape index (κ2) is 5.56. The van der Waals surface area contributed by atoms with Crippen LogP contribution in [0.1, 0.15) is 5.56 Å². The van der Waals surface area contributed by atoms with Gasteiger partial charge in [-0.25, -0.2) is 0 Å². The van der Waals surface area contributed by atoms with E-state index in [1.165, 1.54) is 0 Å². The molecule has 1 heterocycles. The zero-order valence-electron chi connectivity index (χ0n) is 10.0. The lowest BCUT2D eigenvalue weighted by Crippen LogP contribution is -2.39. The van der Waals surface area contributed by atoms with E-state index in [9.17, 15) is 4.79 Å². The van der Waals surface area contributed by atoms with E-state index in [0.29, 0.717) is 29.6 Å². The van der Waals surface area contributed by atoms with E-state index in [0.717, 1.165) is 5.56 Å². The normalized spacial score (nSPS) is 19.6. The van der Waals surface area contributed by atoms with Gasteiger partial charge in [-0.2, -0.15) is 0 Å². The van der Waals surface area contributed by atoms with Crippen molar-refractivity contribution in [1.29, 1.82) is 0 Å². The minimum absolute atomic E-state index is 0.237. The van der Waals surface area contributed by atoms with Gasteiger partial charge in [-0.1, -0.05) is 11.6 Å². The van der Waals surface area contributed by atoms with Gasteiger partial charge in [-0.3, -0.25) is 4.79 Å². The summed E-state index contributed by atoms with van der Waals surface area (Å²) in [5.41, 5.74) is 7.65. The number of rotatable bonds is 2. The quantitative estimate of drug-likeness (QED) is 0.801. The van der Waals surface area contributed by atoms with Gasteiger partial charge in [-0.15, -0.1) is 0 Å². The molecule has 0 aromatic heterocycles. The van der Waals surface area contributed by atoms with Gasteiger partial charge in [-0.05, 0) is 24.6 Å². The van der Waals surface area contributed by atoms with Crippen molar-refractivity contribution in [2.75, 3.05) is 30.9 Å². The number of nitrogens with two attached hydrogens (primary N) is 1. The van der Waals surface area contributed by atoms with Crippen LogP contribution >= 0.6 is 11.6 Å². The maximum absolute atomic E-state index is 11.9. The third kappa shape index (κ3) is 2.93. The molecule has 1 aromatic rings. The first-order valence-corrected chi connectivity index (χ1v) is 6.01. The third-order valence-electron chi connectivity index (χ3n) is 2.71. The van der Waals surface area contributed by atoms with Crippen molar-refractivity contribution < 1.29 is 14.3 Å². The van der Waals surface area contributed by atoms with Gasteiger partial charge < -0.3 is 20.5 Å². The highest BCUT2D eigenvalue weighted by molar-refractivity contribution is 6.33. The Hall–Kier alpha value is -1.30. The van der Waals surface area contributed by atoms with E-state index < -0.39 is 6.10 Å². The molecule has 5 nitrogen and oxygen atoms in total. The van der Waals surface area contributed by atoms with Gasteiger partial charge in [0.05, 0.1) is 30.5 Å². The van der Waals surface area contributed by atoms with Crippen molar-refractivity contribution in [3.05, 3.63) is 22.7 Å². The number of hydrogen-bond acceptors (Lipinski definition) is 4. The van der Waals surface area contributed by atoms with Crippen molar-refractivity contribution in [2.45, 2.75) is 13.0 Å². The molecule has 0 radical (unpaired) electrons. The molecule has 98 valence electrons. The summed E-state index contributed by atoms with van der Waals surface area (Å²) in [5, 5.41) is 3.18. The van der Waals surface area contributed by atoms with E-state index in [1.54, 1.807) is 12.1 Å². The number of carbonyl (C=O) groups excluding carboxylic acids is 1. The van der Waals surface area contributed by atoms with E-state index in [2.05, 4.69) is 5.32 Å². The van der Waals surface area contributed by atoms with Gasteiger partial charge in [0.25, 0.3) is 5.91 Å². The number of halogens is 1. The van der Waals surface area contributed by atoms with E-state index in [-0.39, 0.29) is 12.5 Å². The molecular formula is C12H15ClN2O3. The average Bonchev–Trinajstić information content (AvgIpc) is 2.37. The molecule has 2 rings (SSSR count). The summed E-state index contributed by atoms with van der Waals surface area (Å²) in [7, 11) is 0. The van der Waals surface area contributed by atoms with Crippen LogP contribution in [-0.4, -0.2) is 31.8 Å². The molecule has 0 spiro atoms. The van der Waals surface area contributed by atoms with Crippen molar-refractivity contribution >= 4 is 28.9 Å². The highest BCUT2D eigenvalue weighted by atomic mass is 35.5. The average molecular weight is 271 g/mol. The number of nitrogen functional groups attached to an aromatic ring is 1. The van der Waals surface area contributed by atoms with Crippen molar-refractivity contribution in [1.82, 2.24) is 0 Å². The number of nitrogens with one attached hydrogen (secondary N) is 1. The van der Waals surface area contributed by atoms with Gasteiger partial charge in [0.1, 0.15) is 0 Å². The van der Waals surface area contributed by atoms with E-state index in [1.807, 2.05) is 6.92 Å². The molecule has 1 saturated heterocycles. The molecule has 1 fully saturated rings. The summed E-state index contributed by atoms with van der Waals surface area (Å²) in [6.07, 6.45) is -0.575. The molecule has 1 aliphatic heterocycles. The molecule has 6 heteroatoms. The zero-order valence-corrected chi connectivity index (χ0v) is 10.8. The summed E-state index contributed by atoms with van der Waals surface area (Å²) >= 11 is 5.92. The molecule has 0 saturated carbocycles. The van der Waals surface area contributed by atoms with Crippen LogP contribution in [0.3, 0.4) is 0 Å². The van der Waals surface area contributed by atoms with Crippen LogP contribution in [0.25, 0.3) is 0 Å². The number of ether oxygens (including phenoxy) is 2. The van der Waals surface area contributed by atoms with Crippen LogP contribution < -0.4 is 11.1 Å². The minimum atomic E-state index is -0.575. The molecule has 3 N–H and O–H groups in total. The lowest BCUT2D eigenvalue weighted by Gasteiger charge is -2.22. The molecule has 1 unspecified atom stereocenters. The Bertz CT molecular complexity index is 459. The van der Waals surface area contributed by atoms with Gasteiger partial charge in [0.15, 0.2) is 6.10 Å². The van der Waals surface area contributed by atoms with E-state index in [4.69, 9.17) is 26.8 Å². The number of aryl methyl sites for hydroxylation is 1. The number of amides is 1. The van der Waals surface area contributed by atoms with Gasteiger partial charge in [0.2, 0.25) is 0 Å². The van der Waals surface area contributed by atoms with Crippen LogP contribution in [-0.2, 0) is 14.3 Å². The Balaban J connectivity index is 2.08. The minimum Gasteiger partial charge on any atom is -0.398 e. The molecule has 1 amide bonds. The first kappa shape index (κ1) is 13.1. The maximum Gasteiger partial charge on any atom is 0.255 e.